The van der Waals surface area contributed by atoms with Gasteiger partial charge < -0.3 is 16.2 Å². The number of H-pyrrole nitrogens is 1. The molecule has 0 unspecified atom stereocenters. The van der Waals surface area contributed by atoms with E-state index < -0.39 is 0 Å². The Morgan fingerprint density at radius 1 is 1.32 bits per heavy atom. The second-order valence-electron chi connectivity index (χ2n) is 5.09. The molecule has 124 valence electrons. The van der Waals surface area contributed by atoms with Crippen molar-refractivity contribution in [1.29, 1.82) is 5.26 Å². The molecule has 0 saturated heterocycles. The molecule has 1 heterocycles. The summed E-state index contributed by atoms with van der Waals surface area (Å²) >= 11 is 6.10. The van der Waals surface area contributed by atoms with Crippen LogP contribution in [-0.4, -0.2) is 21.5 Å². The van der Waals surface area contributed by atoms with Crippen molar-refractivity contribution >= 4 is 40.8 Å². The fraction of sp³-hybridized carbons (Fsp3) is 0. The van der Waals surface area contributed by atoms with Crippen LogP contribution in [0.1, 0.15) is 11.1 Å². The van der Waals surface area contributed by atoms with Crippen LogP contribution in [0.2, 0.25) is 5.02 Å². The van der Waals surface area contributed by atoms with Crippen LogP contribution < -0.4 is 11.1 Å². The van der Waals surface area contributed by atoms with Gasteiger partial charge in [-0.1, -0.05) is 29.8 Å². The van der Waals surface area contributed by atoms with E-state index in [0.717, 1.165) is 0 Å². The molecule has 0 radical (unpaired) electrons. The molecular formula is C17H13ClN6O. The van der Waals surface area contributed by atoms with Crippen molar-refractivity contribution in [2.75, 3.05) is 11.1 Å². The Labute approximate surface area is 148 Å². The van der Waals surface area contributed by atoms with Gasteiger partial charge in [-0.3, -0.25) is 5.10 Å². The van der Waals surface area contributed by atoms with E-state index in [1.54, 1.807) is 24.3 Å². The minimum atomic E-state index is -0.0347. The van der Waals surface area contributed by atoms with Crippen molar-refractivity contribution < 1.29 is 5.11 Å². The summed E-state index contributed by atoms with van der Waals surface area (Å²) in [6.45, 7) is 0. The van der Waals surface area contributed by atoms with Crippen LogP contribution in [0.15, 0.2) is 47.5 Å². The predicted octanol–water partition coefficient (Wildman–Crippen LogP) is 3.72. The van der Waals surface area contributed by atoms with Crippen LogP contribution in [0.3, 0.4) is 0 Å². The van der Waals surface area contributed by atoms with Gasteiger partial charge >= 0.3 is 0 Å². The summed E-state index contributed by atoms with van der Waals surface area (Å²) < 4.78 is 0. The number of nitriles is 1. The SMILES string of the molecule is N#Cc1c(N=Cc2ccc(N)c(O)c2)n[nH]c1Nc1ccccc1Cl. The van der Waals surface area contributed by atoms with E-state index in [9.17, 15) is 10.4 Å². The number of aromatic nitrogens is 2. The summed E-state index contributed by atoms with van der Waals surface area (Å²) in [5.41, 5.74) is 7.35. The predicted molar refractivity (Wildman–Crippen MR) is 97.8 cm³/mol. The third kappa shape index (κ3) is 3.54. The van der Waals surface area contributed by atoms with Crippen molar-refractivity contribution in [1.82, 2.24) is 10.2 Å². The standard InChI is InChI=1S/C17H13ClN6O/c18-12-3-1-2-4-14(12)22-17-11(8-19)16(23-24-17)21-9-10-5-6-13(20)15(25)7-10/h1-7,9,25H,20H2,(H2,22,23,24). The molecule has 0 atom stereocenters. The van der Waals surface area contributed by atoms with E-state index in [2.05, 4.69) is 26.6 Å². The quantitative estimate of drug-likeness (QED) is 0.323. The van der Waals surface area contributed by atoms with Crippen molar-refractivity contribution in [2.45, 2.75) is 0 Å². The number of aromatic amines is 1. The number of phenols is 1. The molecule has 0 amide bonds. The van der Waals surface area contributed by atoms with Crippen LogP contribution in [0.25, 0.3) is 0 Å². The van der Waals surface area contributed by atoms with E-state index in [1.807, 2.05) is 12.1 Å². The molecule has 8 heteroatoms. The maximum absolute atomic E-state index is 9.61. The summed E-state index contributed by atoms with van der Waals surface area (Å²) in [4.78, 5) is 4.19. The number of hydrogen-bond acceptors (Lipinski definition) is 6. The average molecular weight is 353 g/mol. The van der Waals surface area contributed by atoms with Gasteiger partial charge in [-0.2, -0.15) is 10.4 Å². The molecule has 7 nitrogen and oxygen atoms in total. The maximum atomic E-state index is 9.61. The normalized spacial score (nSPS) is 10.7. The lowest BCUT2D eigenvalue weighted by atomic mass is 10.2. The first-order valence-electron chi connectivity index (χ1n) is 7.21. The molecule has 0 aliphatic rings. The topological polar surface area (TPSA) is 123 Å². The minimum Gasteiger partial charge on any atom is -0.506 e. The van der Waals surface area contributed by atoms with E-state index in [1.165, 1.54) is 12.3 Å². The third-order valence-electron chi connectivity index (χ3n) is 3.38. The van der Waals surface area contributed by atoms with E-state index in [4.69, 9.17) is 17.3 Å². The highest BCUT2D eigenvalue weighted by molar-refractivity contribution is 6.33. The summed E-state index contributed by atoms with van der Waals surface area (Å²) in [7, 11) is 0. The summed E-state index contributed by atoms with van der Waals surface area (Å²) in [6.07, 6.45) is 1.48. The maximum Gasteiger partial charge on any atom is 0.193 e. The Balaban J connectivity index is 1.87. The first-order valence-corrected chi connectivity index (χ1v) is 7.59. The molecule has 0 aliphatic heterocycles. The monoisotopic (exact) mass is 352 g/mol. The van der Waals surface area contributed by atoms with Crippen LogP contribution >= 0.6 is 11.6 Å². The van der Waals surface area contributed by atoms with Gasteiger partial charge in [0.2, 0.25) is 0 Å². The zero-order chi connectivity index (χ0) is 17.8. The van der Waals surface area contributed by atoms with Gasteiger partial charge in [0.1, 0.15) is 23.2 Å². The molecule has 1 aromatic heterocycles. The van der Waals surface area contributed by atoms with E-state index in [0.29, 0.717) is 22.1 Å². The number of nitrogens with zero attached hydrogens (tertiary/aromatic N) is 3. The zero-order valence-electron chi connectivity index (χ0n) is 12.9. The van der Waals surface area contributed by atoms with Crippen LogP contribution in [0.4, 0.5) is 23.0 Å². The zero-order valence-corrected chi connectivity index (χ0v) is 13.6. The van der Waals surface area contributed by atoms with Crippen LogP contribution in [0, 0.1) is 11.3 Å². The molecular weight excluding hydrogens is 340 g/mol. The highest BCUT2D eigenvalue weighted by Crippen LogP contribution is 2.29. The minimum absolute atomic E-state index is 0.0347. The Hall–Kier alpha value is -3.50. The number of nitrogen functional groups attached to an aromatic ring is 1. The molecule has 2 aromatic carbocycles. The molecule has 0 aliphatic carbocycles. The largest absolute Gasteiger partial charge is 0.506 e. The van der Waals surface area contributed by atoms with Crippen molar-refractivity contribution in [2.24, 2.45) is 4.99 Å². The van der Waals surface area contributed by atoms with Gasteiger partial charge in [0.25, 0.3) is 0 Å². The highest BCUT2D eigenvalue weighted by Gasteiger charge is 2.13. The van der Waals surface area contributed by atoms with Crippen LogP contribution in [0.5, 0.6) is 5.75 Å². The number of benzene rings is 2. The number of aromatic hydroxyl groups is 1. The lowest BCUT2D eigenvalue weighted by Crippen LogP contribution is -1.93. The summed E-state index contributed by atoms with van der Waals surface area (Å²) in [6, 6.07) is 13.9. The number of hydrogen-bond donors (Lipinski definition) is 4. The fourth-order valence-electron chi connectivity index (χ4n) is 2.10. The molecule has 0 saturated carbocycles. The van der Waals surface area contributed by atoms with Crippen molar-refractivity contribution in [3.05, 3.63) is 58.6 Å². The van der Waals surface area contributed by atoms with Gasteiger partial charge in [-0.15, -0.1) is 0 Å². The third-order valence-corrected chi connectivity index (χ3v) is 3.71. The first kappa shape index (κ1) is 16.4. The van der Waals surface area contributed by atoms with Crippen molar-refractivity contribution in [3.63, 3.8) is 0 Å². The highest BCUT2D eigenvalue weighted by atomic mass is 35.5. The number of phenolic OH excluding ortho intramolecular Hbond substituents is 1. The van der Waals surface area contributed by atoms with Gasteiger partial charge in [-0.25, -0.2) is 4.99 Å². The lowest BCUT2D eigenvalue weighted by molar-refractivity contribution is 0.478. The Bertz CT molecular complexity index is 989. The Morgan fingerprint density at radius 3 is 2.84 bits per heavy atom. The van der Waals surface area contributed by atoms with E-state index >= 15 is 0 Å². The number of halogens is 1. The smallest absolute Gasteiger partial charge is 0.193 e. The second kappa shape index (κ2) is 6.95. The Kier molecular flexibility index (Phi) is 4.55. The number of para-hydroxylation sites is 1. The number of anilines is 3. The fourth-order valence-corrected chi connectivity index (χ4v) is 2.28. The van der Waals surface area contributed by atoms with Crippen LogP contribution in [-0.2, 0) is 0 Å². The molecule has 5 N–H and O–H groups in total. The number of rotatable bonds is 4. The van der Waals surface area contributed by atoms with Gasteiger partial charge in [0, 0.05) is 6.21 Å². The molecule has 0 fully saturated rings. The Morgan fingerprint density at radius 2 is 2.12 bits per heavy atom. The van der Waals surface area contributed by atoms with E-state index in [-0.39, 0.29) is 22.8 Å². The second-order valence-corrected chi connectivity index (χ2v) is 5.50. The molecule has 0 bridgehead atoms. The van der Waals surface area contributed by atoms with Crippen molar-refractivity contribution in [3.8, 4) is 11.8 Å². The van der Waals surface area contributed by atoms with Gasteiger partial charge in [0.15, 0.2) is 5.82 Å². The summed E-state index contributed by atoms with van der Waals surface area (Å²) in [5, 5.41) is 29.3. The number of nitrogens with one attached hydrogen (secondary N) is 2. The molecule has 0 spiro atoms. The number of aliphatic imine (C=N–C) groups is 1. The molecule has 25 heavy (non-hydrogen) atoms. The lowest BCUT2D eigenvalue weighted by Gasteiger charge is -2.05. The van der Waals surface area contributed by atoms with Gasteiger partial charge in [0.05, 0.1) is 16.4 Å². The molecule has 3 rings (SSSR count). The first-order chi connectivity index (χ1) is 12.1. The number of nitrogens with two attached hydrogens (primary N) is 1. The average Bonchev–Trinajstić information content (AvgIpc) is 2.99. The molecule has 3 aromatic rings. The summed E-state index contributed by atoms with van der Waals surface area (Å²) in [5.74, 6) is 0.573. The van der Waals surface area contributed by atoms with Gasteiger partial charge in [-0.05, 0) is 29.8 Å².